The smallest absolute Gasteiger partial charge is 0.302 e. The van der Waals surface area contributed by atoms with E-state index < -0.39 is 17.5 Å². The standard InChI is InChI=1S/C17H13F2N5O3/c1-8-5-23(2)16(26)15-14(8)20-7-24(15)6-13(25)22-17-21-11-3-9(18)10(19)4-12(11)27-17/h3-5,7H,6H2,1-2H3,(H,21,22,25). The van der Waals surface area contributed by atoms with Crippen molar-refractivity contribution in [2.45, 2.75) is 13.5 Å². The van der Waals surface area contributed by atoms with Crippen molar-refractivity contribution in [3.05, 3.63) is 52.2 Å². The zero-order chi connectivity index (χ0) is 19.3. The molecule has 1 aromatic carbocycles. The van der Waals surface area contributed by atoms with Crippen molar-refractivity contribution in [2.24, 2.45) is 7.05 Å². The molecule has 0 aliphatic heterocycles. The Kier molecular flexibility index (Phi) is 3.76. The van der Waals surface area contributed by atoms with Crippen LogP contribution in [-0.4, -0.2) is 25.0 Å². The Morgan fingerprint density at radius 3 is 2.81 bits per heavy atom. The molecule has 138 valence electrons. The number of aromatic nitrogens is 4. The van der Waals surface area contributed by atoms with Crippen LogP contribution in [0.4, 0.5) is 14.8 Å². The number of nitrogens with one attached hydrogen (secondary N) is 1. The van der Waals surface area contributed by atoms with Gasteiger partial charge in [0.25, 0.3) is 5.56 Å². The predicted octanol–water partition coefficient (Wildman–Crippen LogP) is 2.10. The van der Waals surface area contributed by atoms with Crippen LogP contribution < -0.4 is 10.9 Å². The monoisotopic (exact) mass is 373 g/mol. The molecule has 27 heavy (non-hydrogen) atoms. The SMILES string of the molecule is Cc1cn(C)c(=O)c2c1ncn2CC(=O)Nc1nc2cc(F)c(F)cc2o1. The van der Waals surface area contributed by atoms with Gasteiger partial charge in [-0.2, -0.15) is 4.98 Å². The molecule has 0 saturated carbocycles. The van der Waals surface area contributed by atoms with E-state index in [-0.39, 0.29) is 29.2 Å². The summed E-state index contributed by atoms with van der Waals surface area (Å²) in [6.07, 6.45) is 3.06. The van der Waals surface area contributed by atoms with Crippen LogP contribution in [0, 0.1) is 18.6 Å². The van der Waals surface area contributed by atoms with E-state index >= 15 is 0 Å². The normalized spacial score (nSPS) is 11.4. The van der Waals surface area contributed by atoms with Crippen molar-refractivity contribution in [3.63, 3.8) is 0 Å². The summed E-state index contributed by atoms with van der Waals surface area (Å²) in [4.78, 5) is 32.7. The Hall–Kier alpha value is -3.56. The minimum absolute atomic E-state index is 0.00164. The maximum absolute atomic E-state index is 13.2. The number of carbonyl (C=O) groups excluding carboxylic acids is 1. The van der Waals surface area contributed by atoms with E-state index in [0.717, 1.165) is 17.7 Å². The van der Waals surface area contributed by atoms with Crippen LogP contribution in [0.5, 0.6) is 0 Å². The first-order chi connectivity index (χ1) is 12.8. The number of nitrogens with zero attached hydrogens (tertiary/aromatic N) is 4. The summed E-state index contributed by atoms with van der Waals surface area (Å²) in [5.74, 6) is -2.68. The van der Waals surface area contributed by atoms with Gasteiger partial charge in [-0.3, -0.25) is 14.9 Å². The molecule has 0 unspecified atom stereocenters. The highest BCUT2D eigenvalue weighted by atomic mass is 19.2. The number of halogens is 2. The van der Waals surface area contributed by atoms with Crippen LogP contribution in [0.1, 0.15) is 5.56 Å². The lowest BCUT2D eigenvalue weighted by Crippen LogP contribution is -2.23. The number of hydrogen-bond acceptors (Lipinski definition) is 5. The molecule has 0 radical (unpaired) electrons. The molecule has 10 heteroatoms. The summed E-state index contributed by atoms with van der Waals surface area (Å²) >= 11 is 0. The minimum atomic E-state index is -1.08. The second-order valence-corrected chi connectivity index (χ2v) is 6.10. The van der Waals surface area contributed by atoms with Gasteiger partial charge >= 0.3 is 6.01 Å². The van der Waals surface area contributed by atoms with E-state index in [1.807, 2.05) is 6.92 Å². The van der Waals surface area contributed by atoms with Crippen LogP contribution in [0.15, 0.2) is 33.9 Å². The van der Waals surface area contributed by atoms with Crippen molar-refractivity contribution in [3.8, 4) is 0 Å². The average Bonchev–Trinajstić information content (AvgIpc) is 3.17. The third-order valence-corrected chi connectivity index (χ3v) is 4.11. The molecule has 0 bridgehead atoms. The molecule has 0 atom stereocenters. The third-order valence-electron chi connectivity index (χ3n) is 4.11. The molecule has 1 amide bonds. The fourth-order valence-electron chi connectivity index (χ4n) is 2.88. The summed E-state index contributed by atoms with van der Waals surface area (Å²) < 4.78 is 34.5. The predicted molar refractivity (Wildman–Crippen MR) is 92.3 cm³/mol. The Labute approximate surface area is 150 Å². The molecule has 4 rings (SSSR count). The van der Waals surface area contributed by atoms with Crippen LogP contribution >= 0.6 is 0 Å². The lowest BCUT2D eigenvalue weighted by molar-refractivity contribution is -0.116. The maximum atomic E-state index is 13.2. The molecule has 0 aliphatic carbocycles. The van der Waals surface area contributed by atoms with E-state index in [2.05, 4.69) is 15.3 Å². The van der Waals surface area contributed by atoms with Crippen molar-refractivity contribution in [2.75, 3.05) is 5.32 Å². The number of aryl methyl sites for hydroxylation is 2. The summed E-state index contributed by atoms with van der Waals surface area (Å²) in [6, 6.07) is 1.52. The summed E-state index contributed by atoms with van der Waals surface area (Å²) in [5, 5.41) is 2.40. The van der Waals surface area contributed by atoms with Crippen LogP contribution in [0.2, 0.25) is 0 Å². The van der Waals surface area contributed by atoms with Gasteiger partial charge in [0, 0.05) is 25.4 Å². The number of benzene rings is 1. The van der Waals surface area contributed by atoms with Gasteiger partial charge in [0.2, 0.25) is 5.91 Å². The van der Waals surface area contributed by atoms with Crippen molar-refractivity contribution in [1.82, 2.24) is 19.1 Å². The van der Waals surface area contributed by atoms with E-state index in [1.54, 1.807) is 13.2 Å². The largest absolute Gasteiger partial charge is 0.423 e. The number of fused-ring (bicyclic) bond motifs is 2. The average molecular weight is 373 g/mol. The highest BCUT2D eigenvalue weighted by Crippen LogP contribution is 2.22. The molecular formula is C17H13F2N5O3. The Balaban J connectivity index is 1.62. The number of carbonyl (C=O) groups is 1. The number of pyridine rings is 1. The van der Waals surface area contributed by atoms with Crippen molar-refractivity contribution in [1.29, 1.82) is 0 Å². The molecule has 1 N–H and O–H groups in total. The lowest BCUT2D eigenvalue weighted by Gasteiger charge is -2.05. The highest BCUT2D eigenvalue weighted by molar-refractivity contribution is 5.91. The number of imidazole rings is 1. The number of amides is 1. The van der Waals surface area contributed by atoms with Gasteiger partial charge in [-0.15, -0.1) is 0 Å². The van der Waals surface area contributed by atoms with Crippen LogP contribution in [-0.2, 0) is 18.4 Å². The van der Waals surface area contributed by atoms with Crippen molar-refractivity contribution >= 4 is 34.1 Å². The van der Waals surface area contributed by atoms with E-state index in [9.17, 15) is 18.4 Å². The molecule has 3 aromatic heterocycles. The fraction of sp³-hybridized carbons (Fsp3) is 0.176. The molecule has 4 aromatic rings. The summed E-state index contributed by atoms with van der Waals surface area (Å²) in [5.41, 5.74) is 1.40. The molecule has 0 saturated heterocycles. The minimum Gasteiger partial charge on any atom is -0.423 e. The zero-order valence-electron chi connectivity index (χ0n) is 14.3. The fourth-order valence-corrected chi connectivity index (χ4v) is 2.88. The first kappa shape index (κ1) is 16.9. The van der Waals surface area contributed by atoms with Gasteiger partial charge in [0.1, 0.15) is 17.6 Å². The molecular weight excluding hydrogens is 360 g/mol. The van der Waals surface area contributed by atoms with Gasteiger partial charge in [-0.05, 0) is 12.5 Å². The van der Waals surface area contributed by atoms with Crippen LogP contribution in [0.3, 0.4) is 0 Å². The number of anilines is 1. The first-order valence-electron chi connectivity index (χ1n) is 7.90. The number of oxazole rings is 1. The quantitative estimate of drug-likeness (QED) is 0.593. The molecule has 0 aliphatic rings. The maximum Gasteiger partial charge on any atom is 0.302 e. The molecule has 3 heterocycles. The number of rotatable bonds is 3. The Morgan fingerprint density at radius 2 is 2.04 bits per heavy atom. The van der Waals surface area contributed by atoms with Gasteiger partial charge in [-0.25, -0.2) is 13.8 Å². The second kappa shape index (κ2) is 6.01. The van der Waals surface area contributed by atoms with Gasteiger partial charge < -0.3 is 13.6 Å². The lowest BCUT2D eigenvalue weighted by atomic mass is 10.2. The Morgan fingerprint density at radius 1 is 1.30 bits per heavy atom. The van der Waals surface area contributed by atoms with E-state index in [4.69, 9.17) is 4.42 Å². The molecule has 8 nitrogen and oxygen atoms in total. The van der Waals surface area contributed by atoms with Gasteiger partial charge in [0.05, 0.1) is 11.8 Å². The first-order valence-corrected chi connectivity index (χ1v) is 7.90. The molecule has 0 spiro atoms. The van der Waals surface area contributed by atoms with Gasteiger partial charge in [-0.1, -0.05) is 0 Å². The number of hydrogen-bond donors (Lipinski definition) is 1. The topological polar surface area (TPSA) is 95.0 Å². The zero-order valence-corrected chi connectivity index (χ0v) is 14.3. The van der Waals surface area contributed by atoms with E-state index in [0.29, 0.717) is 11.0 Å². The van der Waals surface area contributed by atoms with Crippen molar-refractivity contribution < 1.29 is 18.0 Å². The van der Waals surface area contributed by atoms with Crippen LogP contribution in [0.25, 0.3) is 22.1 Å². The summed E-state index contributed by atoms with van der Waals surface area (Å²) in [6.45, 7) is 1.60. The highest BCUT2D eigenvalue weighted by Gasteiger charge is 2.16. The summed E-state index contributed by atoms with van der Waals surface area (Å²) in [7, 11) is 1.61. The molecule has 0 fully saturated rings. The van der Waals surface area contributed by atoms with E-state index in [1.165, 1.54) is 15.5 Å². The third kappa shape index (κ3) is 2.84. The Bertz CT molecular complexity index is 1230. The van der Waals surface area contributed by atoms with Gasteiger partial charge in [0.15, 0.2) is 17.2 Å². The second-order valence-electron chi connectivity index (χ2n) is 6.10.